The molecule has 1 aromatic rings. The summed E-state index contributed by atoms with van der Waals surface area (Å²) in [6.45, 7) is 8.51. The van der Waals surface area contributed by atoms with Crippen molar-refractivity contribution in [3.63, 3.8) is 0 Å². The van der Waals surface area contributed by atoms with Gasteiger partial charge in [0.25, 0.3) is 0 Å². The van der Waals surface area contributed by atoms with E-state index in [1.165, 1.54) is 0 Å². The Morgan fingerprint density at radius 3 is 2.69 bits per heavy atom. The Bertz CT molecular complexity index is 369. The number of carbonyl (C=O) groups excluding carboxylic acids is 1. The lowest BCUT2D eigenvalue weighted by Crippen LogP contribution is -2.09. The monoisotopic (exact) mass is 220 g/mol. The van der Waals surface area contributed by atoms with E-state index in [4.69, 9.17) is 4.74 Å². The molecule has 0 heterocycles. The highest BCUT2D eigenvalue weighted by Gasteiger charge is 2.09. The molecule has 0 N–H and O–H groups in total. The largest absolute Gasteiger partial charge is 0.493 e. The minimum atomic E-state index is 0.0548. The maximum atomic E-state index is 11.4. The predicted molar refractivity (Wildman–Crippen MR) is 66.1 cm³/mol. The Labute approximate surface area is 97.6 Å². The summed E-state index contributed by atoms with van der Waals surface area (Å²) >= 11 is 0. The van der Waals surface area contributed by atoms with Gasteiger partial charge in [0.05, 0.1) is 12.2 Å². The van der Waals surface area contributed by atoms with E-state index in [0.29, 0.717) is 23.8 Å². The Morgan fingerprint density at radius 1 is 1.44 bits per heavy atom. The van der Waals surface area contributed by atoms with Crippen molar-refractivity contribution in [1.82, 2.24) is 0 Å². The fourth-order valence-electron chi connectivity index (χ4n) is 1.39. The van der Waals surface area contributed by atoms with Crippen LogP contribution in [0.4, 0.5) is 0 Å². The highest BCUT2D eigenvalue weighted by atomic mass is 16.5. The summed E-state index contributed by atoms with van der Waals surface area (Å²) in [6, 6.07) is 5.70. The molecule has 0 aliphatic heterocycles. The van der Waals surface area contributed by atoms with Crippen molar-refractivity contribution in [1.29, 1.82) is 0 Å². The van der Waals surface area contributed by atoms with Crippen LogP contribution in [0.1, 0.15) is 43.1 Å². The lowest BCUT2D eigenvalue weighted by molar-refractivity contribution is 0.101. The van der Waals surface area contributed by atoms with Gasteiger partial charge in [-0.25, -0.2) is 0 Å². The van der Waals surface area contributed by atoms with Crippen LogP contribution in [-0.4, -0.2) is 12.4 Å². The van der Waals surface area contributed by atoms with Crippen molar-refractivity contribution in [2.75, 3.05) is 6.61 Å². The van der Waals surface area contributed by atoms with Crippen LogP contribution in [0.25, 0.3) is 0 Å². The van der Waals surface area contributed by atoms with Crippen LogP contribution in [-0.2, 0) is 0 Å². The quantitative estimate of drug-likeness (QED) is 0.708. The molecule has 0 aliphatic rings. The number of ether oxygens (including phenoxy) is 1. The molecule has 1 aromatic carbocycles. The summed E-state index contributed by atoms with van der Waals surface area (Å²) in [5.74, 6) is 1.28. The van der Waals surface area contributed by atoms with Crippen molar-refractivity contribution in [2.24, 2.45) is 5.92 Å². The van der Waals surface area contributed by atoms with Crippen LogP contribution in [0, 0.1) is 12.8 Å². The average molecular weight is 220 g/mol. The minimum absolute atomic E-state index is 0.0548. The number of Topliss-reactive ketones (excluding diaryl/α,β-unsaturated/α-hetero) is 1. The zero-order valence-electron chi connectivity index (χ0n) is 10.5. The highest BCUT2D eigenvalue weighted by molar-refractivity contribution is 5.96. The Balaban J connectivity index is 2.84. The van der Waals surface area contributed by atoms with E-state index in [-0.39, 0.29) is 5.78 Å². The van der Waals surface area contributed by atoms with E-state index in [9.17, 15) is 4.79 Å². The van der Waals surface area contributed by atoms with Crippen molar-refractivity contribution in [2.45, 2.75) is 34.1 Å². The fourth-order valence-corrected chi connectivity index (χ4v) is 1.39. The van der Waals surface area contributed by atoms with E-state index in [1.807, 2.05) is 25.1 Å². The number of aryl methyl sites for hydroxylation is 1. The maximum Gasteiger partial charge on any atom is 0.163 e. The first kappa shape index (κ1) is 12.8. The molecular formula is C14H20O2. The molecule has 1 unspecified atom stereocenters. The number of hydrogen-bond donors (Lipinski definition) is 0. The number of carbonyl (C=O) groups is 1. The topological polar surface area (TPSA) is 26.3 Å². The van der Waals surface area contributed by atoms with Gasteiger partial charge in [0, 0.05) is 0 Å². The third-order valence-electron chi connectivity index (χ3n) is 2.74. The van der Waals surface area contributed by atoms with Gasteiger partial charge in [-0.3, -0.25) is 4.79 Å². The molecule has 0 saturated heterocycles. The van der Waals surface area contributed by atoms with Gasteiger partial charge in [-0.1, -0.05) is 26.3 Å². The lowest BCUT2D eigenvalue weighted by Gasteiger charge is -2.13. The normalized spacial score (nSPS) is 12.2. The summed E-state index contributed by atoms with van der Waals surface area (Å²) in [5, 5.41) is 0. The van der Waals surface area contributed by atoms with E-state index < -0.39 is 0 Å². The smallest absolute Gasteiger partial charge is 0.163 e. The SMILES string of the molecule is CCC(C)COc1cc(C)ccc1C(C)=O. The van der Waals surface area contributed by atoms with Crippen LogP contribution < -0.4 is 4.74 Å². The van der Waals surface area contributed by atoms with Crippen LogP contribution in [0.3, 0.4) is 0 Å². The Hall–Kier alpha value is -1.31. The van der Waals surface area contributed by atoms with Gasteiger partial charge in [0.1, 0.15) is 5.75 Å². The van der Waals surface area contributed by atoms with Crippen molar-refractivity contribution < 1.29 is 9.53 Å². The van der Waals surface area contributed by atoms with E-state index >= 15 is 0 Å². The zero-order valence-corrected chi connectivity index (χ0v) is 10.5. The number of rotatable bonds is 5. The molecule has 2 nitrogen and oxygen atoms in total. The summed E-state index contributed by atoms with van der Waals surface area (Å²) in [7, 11) is 0. The fraction of sp³-hybridized carbons (Fsp3) is 0.500. The zero-order chi connectivity index (χ0) is 12.1. The molecule has 0 aromatic heterocycles. The molecule has 0 spiro atoms. The first-order valence-corrected chi connectivity index (χ1v) is 5.79. The second-order valence-electron chi connectivity index (χ2n) is 4.38. The van der Waals surface area contributed by atoms with E-state index in [0.717, 1.165) is 12.0 Å². The van der Waals surface area contributed by atoms with Gasteiger partial charge in [0.15, 0.2) is 5.78 Å². The summed E-state index contributed by atoms with van der Waals surface area (Å²) in [5.41, 5.74) is 1.79. The van der Waals surface area contributed by atoms with Crippen LogP contribution in [0.2, 0.25) is 0 Å². The first-order valence-electron chi connectivity index (χ1n) is 5.79. The van der Waals surface area contributed by atoms with Gasteiger partial charge >= 0.3 is 0 Å². The van der Waals surface area contributed by atoms with Crippen LogP contribution in [0.15, 0.2) is 18.2 Å². The maximum absolute atomic E-state index is 11.4. The first-order chi connectivity index (χ1) is 7.54. The number of ketones is 1. The second-order valence-corrected chi connectivity index (χ2v) is 4.38. The molecule has 88 valence electrons. The third kappa shape index (κ3) is 3.37. The molecule has 0 aliphatic carbocycles. The summed E-state index contributed by atoms with van der Waals surface area (Å²) < 4.78 is 5.71. The summed E-state index contributed by atoms with van der Waals surface area (Å²) in [6.07, 6.45) is 1.08. The Kier molecular flexibility index (Phi) is 4.53. The molecule has 2 heteroatoms. The van der Waals surface area contributed by atoms with Crippen molar-refractivity contribution >= 4 is 5.78 Å². The standard InChI is InChI=1S/C14H20O2/c1-5-10(2)9-16-14-8-11(3)6-7-13(14)12(4)15/h6-8,10H,5,9H2,1-4H3. The molecule has 0 radical (unpaired) electrons. The molecule has 0 bridgehead atoms. The van der Waals surface area contributed by atoms with Crippen LogP contribution >= 0.6 is 0 Å². The molecule has 1 rings (SSSR count). The van der Waals surface area contributed by atoms with Gasteiger partial charge < -0.3 is 4.74 Å². The predicted octanol–water partition coefficient (Wildman–Crippen LogP) is 3.62. The molecule has 0 saturated carbocycles. The van der Waals surface area contributed by atoms with E-state index in [1.54, 1.807) is 6.92 Å². The third-order valence-corrected chi connectivity index (χ3v) is 2.74. The number of benzene rings is 1. The van der Waals surface area contributed by atoms with Gasteiger partial charge in [0.2, 0.25) is 0 Å². The molecule has 1 atom stereocenters. The van der Waals surface area contributed by atoms with Crippen molar-refractivity contribution in [3.05, 3.63) is 29.3 Å². The van der Waals surface area contributed by atoms with Gasteiger partial charge in [-0.2, -0.15) is 0 Å². The highest BCUT2D eigenvalue weighted by Crippen LogP contribution is 2.21. The molecule has 16 heavy (non-hydrogen) atoms. The minimum Gasteiger partial charge on any atom is -0.493 e. The van der Waals surface area contributed by atoms with Crippen molar-refractivity contribution in [3.8, 4) is 5.75 Å². The van der Waals surface area contributed by atoms with Gasteiger partial charge in [-0.05, 0) is 37.5 Å². The lowest BCUT2D eigenvalue weighted by atomic mass is 10.1. The van der Waals surface area contributed by atoms with E-state index in [2.05, 4.69) is 13.8 Å². The summed E-state index contributed by atoms with van der Waals surface area (Å²) in [4.78, 5) is 11.4. The van der Waals surface area contributed by atoms with Crippen LogP contribution in [0.5, 0.6) is 5.75 Å². The number of hydrogen-bond acceptors (Lipinski definition) is 2. The average Bonchev–Trinajstić information content (AvgIpc) is 2.25. The molecule has 0 fully saturated rings. The Morgan fingerprint density at radius 2 is 2.12 bits per heavy atom. The molecule has 0 amide bonds. The van der Waals surface area contributed by atoms with Gasteiger partial charge in [-0.15, -0.1) is 0 Å². The second kappa shape index (κ2) is 5.69. The molecular weight excluding hydrogens is 200 g/mol.